The first-order chi connectivity index (χ1) is 10.2. The Morgan fingerprint density at radius 1 is 0.870 bits per heavy atom. The summed E-state index contributed by atoms with van der Waals surface area (Å²) >= 11 is 0. The molecule has 0 aliphatic heterocycles. The maximum Gasteiger partial charge on any atom is 0.403 e. The smallest absolute Gasteiger partial charge is 0.328 e. The lowest BCUT2D eigenvalue weighted by Crippen LogP contribution is -2.46. The van der Waals surface area contributed by atoms with E-state index in [9.17, 15) is 8.42 Å². The fraction of sp³-hybridized carbons (Fsp3) is 1.00. The molecular weight excluding hydrogens is 320 g/mol. The molecule has 8 nitrogen and oxygen atoms in total. The first kappa shape index (κ1) is 22.7. The van der Waals surface area contributed by atoms with E-state index in [1.165, 1.54) is 13.8 Å². The van der Waals surface area contributed by atoms with Gasteiger partial charge in [-0.05, 0) is 66.2 Å². The van der Waals surface area contributed by atoms with Crippen LogP contribution in [0.5, 0.6) is 0 Å². The number of nitrogens with two attached hydrogens (primary N) is 4. The van der Waals surface area contributed by atoms with Gasteiger partial charge in [-0.2, -0.15) is 8.42 Å². The third kappa shape index (κ3) is 12.8. The van der Waals surface area contributed by atoms with Crippen LogP contribution in [0.15, 0.2) is 0 Å². The van der Waals surface area contributed by atoms with Crippen LogP contribution in [-0.2, 0) is 18.8 Å². The van der Waals surface area contributed by atoms with E-state index in [-0.39, 0.29) is 12.1 Å². The Hall–Kier alpha value is -0.290. The van der Waals surface area contributed by atoms with Gasteiger partial charge in [0.15, 0.2) is 0 Å². The summed E-state index contributed by atoms with van der Waals surface area (Å²) in [4.78, 5) is 0. The van der Waals surface area contributed by atoms with Crippen LogP contribution in [0.2, 0.25) is 0 Å². The molecular formula is C14H34N4O4S. The van der Waals surface area contributed by atoms with Gasteiger partial charge < -0.3 is 22.9 Å². The van der Waals surface area contributed by atoms with Crippen LogP contribution in [0.25, 0.3) is 0 Å². The summed E-state index contributed by atoms with van der Waals surface area (Å²) in [5, 5.41) is 0. The largest absolute Gasteiger partial charge is 0.403 e. The van der Waals surface area contributed by atoms with Gasteiger partial charge in [0.1, 0.15) is 11.4 Å². The highest BCUT2D eigenvalue weighted by Gasteiger charge is 2.33. The summed E-state index contributed by atoms with van der Waals surface area (Å²) in [5.41, 5.74) is 20.3. The van der Waals surface area contributed by atoms with E-state index >= 15 is 0 Å². The normalized spacial score (nSPS) is 20.5. The Morgan fingerprint density at radius 2 is 1.17 bits per heavy atom. The highest BCUT2D eigenvalue weighted by molar-refractivity contribution is 7.81. The van der Waals surface area contributed by atoms with E-state index in [0.717, 1.165) is 12.8 Å². The molecule has 140 valence electrons. The molecule has 4 atom stereocenters. The van der Waals surface area contributed by atoms with Crippen molar-refractivity contribution in [3.05, 3.63) is 0 Å². The molecule has 0 rings (SSSR count). The predicted molar refractivity (Wildman–Crippen MR) is 91.3 cm³/mol. The fourth-order valence-corrected chi connectivity index (χ4v) is 3.25. The second-order valence-corrected chi connectivity index (χ2v) is 8.09. The maximum absolute atomic E-state index is 12.0. The molecule has 0 saturated heterocycles. The minimum absolute atomic E-state index is 0.0240. The zero-order valence-corrected chi connectivity index (χ0v) is 15.6. The Labute approximate surface area is 140 Å². The third-order valence-electron chi connectivity index (χ3n) is 3.25. The van der Waals surface area contributed by atoms with E-state index in [2.05, 4.69) is 0 Å². The average molecular weight is 355 g/mol. The minimum Gasteiger partial charge on any atom is -0.328 e. The summed E-state index contributed by atoms with van der Waals surface area (Å²) in [6.07, 6.45) is 3.42. The molecule has 0 fully saturated rings. The summed E-state index contributed by atoms with van der Waals surface area (Å²) in [6.45, 7) is 6.71. The van der Waals surface area contributed by atoms with Crippen LogP contribution in [0.1, 0.15) is 66.2 Å². The van der Waals surface area contributed by atoms with Gasteiger partial charge in [0.25, 0.3) is 0 Å². The first-order valence-electron chi connectivity index (χ1n) is 8.00. The first-order valence-corrected chi connectivity index (χ1v) is 9.33. The Bertz CT molecular complexity index is 402. The topological polar surface area (TPSA) is 157 Å². The molecule has 0 bridgehead atoms. The van der Waals surface area contributed by atoms with Gasteiger partial charge in [-0.25, -0.2) is 8.37 Å². The highest BCUT2D eigenvalue weighted by atomic mass is 32.3. The molecule has 0 aliphatic carbocycles. The molecule has 0 aromatic carbocycles. The predicted octanol–water partition coefficient (Wildman–Crippen LogP) is 0.649. The van der Waals surface area contributed by atoms with E-state index in [4.69, 9.17) is 31.3 Å². The summed E-state index contributed by atoms with van der Waals surface area (Å²) in [6, 6.07) is 0.0480. The molecule has 4 unspecified atom stereocenters. The molecule has 0 radical (unpaired) electrons. The van der Waals surface area contributed by atoms with Crippen molar-refractivity contribution in [2.45, 2.75) is 89.8 Å². The van der Waals surface area contributed by atoms with Crippen molar-refractivity contribution in [3.63, 3.8) is 0 Å². The van der Waals surface area contributed by atoms with Gasteiger partial charge in [-0.3, -0.25) is 0 Å². The summed E-state index contributed by atoms with van der Waals surface area (Å²) in [5.74, 6) is 0. The quantitative estimate of drug-likeness (QED) is 0.372. The van der Waals surface area contributed by atoms with Crippen molar-refractivity contribution in [1.29, 1.82) is 0 Å². The van der Waals surface area contributed by atoms with E-state index in [1.807, 2.05) is 13.8 Å². The SMILES string of the molecule is CC(N)CCCC(C)(N)OS(=O)(=O)OC(C)(N)CCCC(C)N. The van der Waals surface area contributed by atoms with Gasteiger partial charge >= 0.3 is 10.4 Å². The van der Waals surface area contributed by atoms with Crippen molar-refractivity contribution >= 4 is 10.4 Å². The maximum atomic E-state index is 12.0. The van der Waals surface area contributed by atoms with Crippen LogP contribution in [-0.4, -0.2) is 32.0 Å². The average Bonchev–Trinajstić information content (AvgIpc) is 2.22. The van der Waals surface area contributed by atoms with E-state index in [1.54, 1.807) is 0 Å². The lowest BCUT2D eigenvalue weighted by molar-refractivity contribution is 0.0204. The van der Waals surface area contributed by atoms with Crippen LogP contribution < -0.4 is 22.9 Å². The van der Waals surface area contributed by atoms with Crippen LogP contribution in [0.3, 0.4) is 0 Å². The zero-order chi connectivity index (χ0) is 18.3. The number of hydrogen-bond acceptors (Lipinski definition) is 8. The summed E-state index contributed by atoms with van der Waals surface area (Å²) < 4.78 is 33.9. The molecule has 0 aliphatic rings. The third-order valence-corrected chi connectivity index (χ3v) is 4.42. The van der Waals surface area contributed by atoms with Crippen molar-refractivity contribution in [2.75, 3.05) is 0 Å². The standard InChI is InChI=1S/C14H34N4O4S/c1-11(15)7-5-9-13(3,17)21-23(19,20)22-14(4,18)10-6-8-12(2)16/h11-12H,5-10,15-18H2,1-4H3. The van der Waals surface area contributed by atoms with E-state index < -0.39 is 21.8 Å². The van der Waals surface area contributed by atoms with Gasteiger partial charge in [0, 0.05) is 12.1 Å². The van der Waals surface area contributed by atoms with Crippen LogP contribution in [0.4, 0.5) is 0 Å². The van der Waals surface area contributed by atoms with Crippen molar-refractivity contribution < 1.29 is 16.8 Å². The molecule has 0 aromatic heterocycles. The van der Waals surface area contributed by atoms with Crippen LogP contribution >= 0.6 is 0 Å². The Balaban J connectivity index is 4.49. The Kier molecular flexibility index (Phi) is 9.14. The minimum atomic E-state index is -4.31. The number of hydrogen-bond donors (Lipinski definition) is 4. The molecule has 0 heterocycles. The second-order valence-electron chi connectivity index (χ2n) is 6.94. The molecule has 0 amide bonds. The van der Waals surface area contributed by atoms with Gasteiger partial charge in [0.2, 0.25) is 0 Å². The van der Waals surface area contributed by atoms with Gasteiger partial charge in [-0.1, -0.05) is 0 Å². The van der Waals surface area contributed by atoms with Gasteiger partial charge in [-0.15, -0.1) is 0 Å². The molecule has 9 heteroatoms. The molecule has 8 N–H and O–H groups in total. The zero-order valence-electron chi connectivity index (χ0n) is 14.7. The monoisotopic (exact) mass is 354 g/mol. The van der Waals surface area contributed by atoms with Gasteiger partial charge in [0.05, 0.1) is 0 Å². The van der Waals surface area contributed by atoms with Crippen molar-refractivity contribution in [1.82, 2.24) is 0 Å². The molecule has 0 spiro atoms. The van der Waals surface area contributed by atoms with Crippen LogP contribution in [0, 0.1) is 0 Å². The molecule has 23 heavy (non-hydrogen) atoms. The van der Waals surface area contributed by atoms with Crippen molar-refractivity contribution in [2.24, 2.45) is 22.9 Å². The second kappa shape index (κ2) is 9.26. The fourth-order valence-electron chi connectivity index (χ4n) is 2.12. The van der Waals surface area contributed by atoms with E-state index in [0.29, 0.717) is 25.7 Å². The Morgan fingerprint density at radius 3 is 1.43 bits per heavy atom. The lowest BCUT2D eigenvalue weighted by atomic mass is 10.1. The van der Waals surface area contributed by atoms with Crippen molar-refractivity contribution in [3.8, 4) is 0 Å². The summed E-state index contributed by atoms with van der Waals surface area (Å²) in [7, 11) is -4.31. The molecule has 0 saturated carbocycles. The highest BCUT2D eigenvalue weighted by Crippen LogP contribution is 2.22. The lowest BCUT2D eigenvalue weighted by Gasteiger charge is -2.28. The number of rotatable bonds is 12. The molecule has 0 aromatic rings.